The number of H-pyrrole nitrogens is 2. The second kappa shape index (κ2) is 6.35. The third kappa shape index (κ3) is 2.63. The van der Waals surface area contributed by atoms with Crippen molar-refractivity contribution in [2.75, 3.05) is 0 Å². The van der Waals surface area contributed by atoms with Crippen LogP contribution in [0, 0.1) is 0 Å². The van der Waals surface area contributed by atoms with Crippen LogP contribution in [0.25, 0.3) is 55.0 Å². The molecule has 7 heteroatoms. The van der Waals surface area contributed by atoms with E-state index >= 15 is 0 Å². The first-order valence-corrected chi connectivity index (χ1v) is 10.0. The maximum atomic E-state index is 4.53. The second-order valence-electron chi connectivity index (χ2n) is 6.71. The van der Waals surface area contributed by atoms with Crippen molar-refractivity contribution in [2.45, 2.75) is 0 Å². The van der Waals surface area contributed by atoms with Gasteiger partial charge in [0, 0.05) is 51.6 Å². The number of thiophene rings is 1. The number of rotatable bonds is 3. The van der Waals surface area contributed by atoms with Crippen molar-refractivity contribution in [3.8, 4) is 33.0 Å². The zero-order valence-electron chi connectivity index (χ0n) is 15.1. The van der Waals surface area contributed by atoms with E-state index in [0.717, 1.165) is 38.9 Å². The van der Waals surface area contributed by atoms with Crippen molar-refractivity contribution in [3.05, 3.63) is 72.6 Å². The van der Waals surface area contributed by atoms with Crippen LogP contribution in [-0.4, -0.2) is 30.1 Å². The van der Waals surface area contributed by atoms with Gasteiger partial charge in [-0.05, 0) is 47.3 Å². The topological polar surface area (TPSA) is 83.1 Å². The lowest BCUT2D eigenvalue weighted by molar-refractivity contribution is 1.10. The lowest BCUT2D eigenvalue weighted by Crippen LogP contribution is -1.83. The molecule has 0 aromatic carbocycles. The van der Waals surface area contributed by atoms with Crippen molar-refractivity contribution in [2.24, 2.45) is 0 Å². The molecule has 0 spiro atoms. The molecule has 0 saturated heterocycles. The summed E-state index contributed by atoms with van der Waals surface area (Å²) in [4.78, 5) is 17.8. The average Bonchev–Trinajstić information content (AvgIpc) is 3.52. The van der Waals surface area contributed by atoms with Gasteiger partial charge in [0.25, 0.3) is 0 Å². The number of nitrogens with one attached hydrogen (secondary N) is 2. The Kier molecular flexibility index (Phi) is 3.54. The van der Waals surface area contributed by atoms with Crippen molar-refractivity contribution >= 4 is 33.4 Å². The summed E-state index contributed by atoms with van der Waals surface area (Å²) < 4.78 is 0. The van der Waals surface area contributed by atoms with E-state index in [0.29, 0.717) is 5.65 Å². The number of fused-ring (bicyclic) bond motifs is 2. The molecule has 0 aliphatic rings. The predicted molar refractivity (Wildman–Crippen MR) is 116 cm³/mol. The Morgan fingerprint density at radius 3 is 2.66 bits per heavy atom. The second-order valence-corrected chi connectivity index (χ2v) is 7.66. The SMILES string of the molecule is c1csc(-c2ccnc3[nH]c(-c4[nH]nc5ncc(-c6ccncc6)cc45)cc23)c1. The Bertz CT molecular complexity index is 1450. The Morgan fingerprint density at radius 1 is 0.862 bits per heavy atom. The Labute approximate surface area is 169 Å². The van der Waals surface area contributed by atoms with Gasteiger partial charge < -0.3 is 4.98 Å². The van der Waals surface area contributed by atoms with Crippen LogP contribution >= 0.6 is 11.3 Å². The van der Waals surface area contributed by atoms with Gasteiger partial charge in [-0.1, -0.05) is 6.07 Å². The minimum absolute atomic E-state index is 0.683. The number of nitrogens with zero attached hydrogens (tertiary/aromatic N) is 4. The molecule has 2 N–H and O–H groups in total. The quantitative estimate of drug-likeness (QED) is 0.427. The smallest absolute Gasteiger partial charge is 0.181 e. The van der Waals surface area contributed by atoms with Gasteiger partial charge in [-0.25, -0.2) is 9.97 Å². The summed E-state index contributed by atoms with van der Waals surface area (Å²) >= 11 is 1.72. The van der Waals surface area contributed by atoms with Crippen molar-refractivity contribution < 1.29 is 0 Å². The lowest BCUT2D eigenvalue weighted by Gasteiger charge is -2.01. The summed E-state index contributed by atoms with van der Waals surface area (Å²) in [5.41, 5.74) is 6.64. The van der Waals surface area contributed by atoms with Crippen molar-refractivity contribution in [3.63, 3.8) is 0 Å². The molecule has 6 nitrogen and oxygen atoms in total. The summed E-state index contributed by atoms with van der Waals surface area (Å²) in [5.74, 6) is 0. The molecule has 6 rings (SSSR count). The normalized spacial score (nSPS) is 11.4. The fourth-order valence-corrected chi connectivity index (χ4v) is 4.38. The summed E-state index contributed by atoms with van der Waals surface area (Å²) in [6, 6.07) is 14.4. The standard InChI is InChI=1S/C22H14N6S/c1-2-19(29-9-1)15-5-8-24-21-16(15)11-18(26-21)20-17-10-14(12-25-22(17)28-27-20)13-3-6-23-7-4-13/h1-12H,(H,24,26)(H,25,27,28). The highest BCUT2D eigenvalue weighted by atomic mass is 32.1. The summed E-state index contributed by atoms with van der Waals surface area (Å²) in [6.07, 6.45) is 7.24. The minimum atomic E-state index is 0.683. The molecule has 6 heterocycles. The molecule has 0 fully saturated rings. The summed E-state index contributed by atoms with van der Waals surface area (Å²) in [7, 11) is 0. The molecule has 0 saturated carbocycles. The van der Waals surface area contributed by atoms with Crippen molar-refractivity contribution in [1.82, 2.24) is 30.1 Å². The molecule has 0 atom stereocenters. The molecule has 6 aromatic heterocycles. The molecule has 0 amide bonds. The number of aromatic amines is 2. The maximum Gasteiger partial charge on any atom is 0.181 e. The third-order valence-electron chi connectivity index (χ3n) is 5.01. The van der Waals surface area contributed by atoms with Crippen LogP contribution in [0.2, 0.25) is 0 Å². The van der Waals surface area contributed by atoms with Gasteiger partial charge >= 0.3 is 0 Å². The highest BCUT2D eigenvalue weighted by molar-refractivity contribution is 7.13. The zero-order chi connectivity index (χ0) is 19.2. The average molecular weight is 394 g/mol. The number of hydrogen-bond acceptors (Lipinski definition) is 5. The summed E-state index contributed by atoms with van der Waals surface area (Å²) in [6.45, 7) is 0. The van der Waals surface area contributed by atoms with Crippen LogP contribution in [0.4, 0.5) is 0 Å². The van der Waals surface area contributed by atoms with Gasteiger partial charge in [-0.2, -0.15) is 5.10 Å². The Balaban J connectivity index is 1.53. The van der Waals surface area contributed by atoms with Gasteiger partial charge in [-0.3, -0.25) is 10.1 Å². The van der Waals surface area contributed by atoms with E-state index in [1.165, 1.54) is 10.4 Å². The van der Waals surface area contributed by atoms with E-state index in [2.05, 4.69) is 65.8 Å². The van der Waals surface area contributed by atoms with Crippen LogP contribution in [0.3, 0.4) is 0 Å². The Hall–Kier alpha value is -3.84. The number of aromatic nitrogens is 6. The van der Waals surface area contributed by atoms with E-state index in [9.17, 15) is 0 Å². The molecule has 6 aromatic rings. The van der Waals surface area contributed by atoms with Crippen LogP contribution in [0.15, 0.2) is 72.6 Å². The van der Waals surface area contributed by atoms with Crippen LogP contribution in [0.5, 0.6) is 0 Å². The largest absolute Gasteiger partial charge is 0.338 e. The van der Waals surface area contributed by atoms with Crippen molar-refractivity contribution in [1.29, 1.82) is 0 Å². The van der Waals surface area contributed by atoms with E-state index in [1.54, 1.807) is 23.7 Å². The number of pyridine rings is 3. The maximum absolute atomic E-state index is 4.53. The number of hydrogen-bond donors (Lipinski definition) is 2. The van der Waals surface area contributed by atoms with E-state index < -0.39 is 0 Å². The first kappa shape index (κ1) is 16.1. The third-order valence-corrected chi connectivity index (χ3v) is 5.91. The molecule has 0 radical (unpaired) electrons. The molecule has 0 aliphatic carbocycles. The summed E-state index contributed by atoms with van der Waals surface area (Å²) in [5, 5.41) is 11.7. The van der Waals surface area contributed by atoms with Gasteiger partial charge in [0.1, 0.15) is 5.65 Å². The van der Waals surface area contributed by atoms with E-state index in [-0.39, 0.29) is 0 Å². The fourth-order valence-electron chi connectivity index (χ4n) is 3.62. The lowest BCUT2D eigenvalue weighted by atomic mass is 10.1. The molecular formula is C22H14N6S. The van der Waals surface area contributed by atoms with Gasteiger partial charge in [-0.15, -0.1) is 11.3 Å². The molecule has 0 aliphatic heterocycles. The van der Waals surface area contributed by atoms with E-state index in [4.69, 9.17) is 0 Å². The van der Waals surface area contributed by atoms with Crippen LogP contribution in [-0.2, 0) is 0 Å². The molecular weight excluding hydrogens is 380 g/mol. The zero-order valence-corrected chi connectivity index (χ0v) is 15.9. The fraction of sp³-hybridized carbons (Fsp3) is 0. The van der Waals surface area contributed by atoms with Crippen LogP contribution in [0.1, 0.15) is 0 Å². The predicted octanol–water partition coefficient (Wildman–Crippen LogP) is 5.29. The first-order chi connectivity index (χ1) is 14.4. The van der Waals surface area contributed by atoms with Gasteiger partial charge in [0.15, 0.2) is 5.65 Å². The molecule has 0 unspecified atom stereocenters. The first-order valence-electron chi connectivity index (χ1n) is 9.13. The molecule has 29 heavy (non-hydrogen) atoms. The van der Waals surface area contributed by atoms with E-state index in [1.807, 2.05) is 24.5 Å². The highest BCUT2D eigenvalue weighted by Crippen LogP contribution is 2.35. The highest BCUT2D eigenvalue weighted by Gasteiger charge is 2.15. The molecule has 138 valence electrons. The van der Waals surface area contributed by atoms with Crippen LogP contribution < -0.4 is 0 Å². The van der Waals surface area contributed by atoms with Gasteiger partial charge in [0.2, 0.25) is 0 Å². The minimum Gasteiger partial charge on any atom is -0.338 e. The monoisotopic (exact) mass is 394 g/mol. The van der Waals surface area contributed by atoms with Gasteiger partial charge in [0.05, 0.1) is 11.4 Å². The molecule has 0 bridgehead atoms. The Morgan fingerprint density at radius 2 is 1.79 bits per heavy atom.